The first kappa shape index (κ1) is 11.6. The van der Waals surface area contributed by atoms with Gasteiger partial charge in [-0.15, -0.1) is 6.42 Å². The summed E-state index contributed by atoms with van der Waals surface area (Å²) in [6.45, 7) is 2.52. The lowest BCUT2D eigenvalue weighted by Gasteiger charge is -2.21. The predicted octanol–water partition coefficient (Wildman–Crippen LogP) is 1.95. The Morgan fingerprint density at radius 1 is 1.29 bits per heavy atom. The molecule has 1 saturated carbocycles. The number of nitrogens with one attached hydrogen (secondary N) is 1. The summed E-state index contributed by atoms with van der Waals surface area (Å²) >= 11 is 0. The second kappa shape index (κ2) is 7.84. The van der Waals surface area contributed by atoms with Gasteiger partial charge in [-0.1, -0.05) is 25.2 Å². The molecule has 2 nitrogen and oxygen atoms in total. The number of hydrogen-bond donors (Lipinski definition) is 1. The fourth-order valence-electron chi connectivity index (χ4n) is 1.84. The average Bonchev–Trinajstić information content (AvgIpc) is 2.25. The Bertz CT molecular complexity index is 168. The molecule has 1 rings (SSSR count). The van der Waals surface area contributed by atoms with E-state index in [1.165, 1.54) is 32.1 Å². The van der Waals surface area contributed by atoms with Crippen LogP contribution in [0.25, 0.3) is 0 Å². The van der Waals surface area contributed by atoms with E-state index in [0.717, 1.165) is 19.6 Å². The first-order chi connectivity index (χ1) is 6.93. The summed E-state index contributed by atoms with van der Waals surface area (Å²) in [5, 5.41) is 3.16. The molecule has 0 aromatic heterocycles. The molecule has 0 aliphatic heterocycles. The molecule has 1 fully saturated rings. The number of hydrogen-bond acceptors (Lipinski definition) is 2. The van der Waals surface area contributed by atoms with Gasteiger partial charge in [0, 0.05) is 6.61 Å². The van der Waals surface area contributed by atoms with Crippen LogP contribution in [0, 0.1) is 12.3 Å². The molecule has 0 atom stereocenters. The van der Waals surface area contributed by atoms with Crippen molar-refractivity contribution >= 4 is 0 Å². The van der Waals surface area contributed by atoms with Crippen LogP contribution in [0.15, 0.2) is 0 Å². The molecule has 0 heterocycles. The Morgan fingerprint density at radius 2 is 2.07 bits per heavy atom. The highest BCUT2D eigenvalue weighted by molar-refractivity contribution is 4.86. The van der Waals surface area contributed by atoms with Gasteiger partial charge in [-0.05, 0) is 25.8 Å². The van der Waals surface area contributed by atoms with Crippen LogP contribution < -0.4 is 5.32 Å². The summed E-state index contributed by atoms with van der Waals surface area (Å²) in [7, 11) is 0. The summed E-state index contributed by atoms with van der Waals surface area (Å²) in [6.07, 6.45) is 13.3. The Morgan fingerprint density at radius 3 is 2.79 bits per heavy atom. The molecule has 0 spiro atoms. The quantitative estimate of drug-likeness (QED) is 0.516. The minimum atomic E-state index is 0.538. The van der Waals surface area contributed by atoms with Crippen molar-refractivity contribution in [1.82, 2.24) is 5.32 Å². The van der Waals surface area contributed by atoms with Gasteiger partial charge in [0.05, 0.1) is 12.6 Å². The van der Waals surface area contributed by atoms with Crippen molar-refractivity contribution in [3.8, 4) is 12.3 Å². The Hall–Kier alpha value is -0.520. The van der Waals surface area contributed by atoms with Crippen LogP contribution in [0.1, 0.15) is 38.5 Å². The fourth-order valence-corrected chi connectivity index (χ4v) is 1.84. The number of ether oxygens (including phenoxy) is 1. The van der Waals surface area contributed by atoms with Gasteiger partial charge in [-0.2, -0.15) is 0 Å². The van der Waals surface area contributed by atoms with Crippen LogP contribution in [0.3, 0.4) is 0 Å². The lowest BCUT2D eigenvalue weighted by Crippen LogP contribution is -2.20. The number of rotatable bonds is 6. The molecule has 0 amide bonds. The van der Waals surface area contributed by atoms with Crippen molar-refractivity contribution in [2.45, 2.75) is 44.6 Å². The van der Waals surface area contributed by atoms with Crippen molar-refractivity contribution in [2.75, 3.05) is 19.7 Å². The van der Waals surface area contributed by atoms with E-state index in [2.05, 4.69) is 11.2 Å². The maximum absolute atomic E-state index is 5.77. The Balaban J connectivity index is 1.85. The molecule has 0 saturated heterocycles. The van der Waals surface area contributed by atoms with E-state index in [1.807, 2.05) is 0 Å². The normalized spacial score (nSPS) is 17.9. The van der Waals surface area contributed by atoms with Crippen LogP contribution in [0.5, 0.6) is 0 Å². The zero-order valence-corrected chi connectivity index (χ0v) is 8.93. The van der Waals surface area contributed by atoms with E-state index in [-0.39, 0.29) is 0 Å². The van der Waals surface area contributed by atoms with E-state index in [1.54, 1.807) is 0 Å². The van der Waals surface area contributed by atoms with Gasteiger partial charge < -0.3 is 10.1 Å². The van der Waals surface area contributed by atoms with E-state index >= 15 is 0 Å². The van der Waals surface area contributed by atoms with Crippen molar-refractivity contribution in [2.24, 2.45) is 0 Å². The zero-order valence-electron chi connectivity index (χ0n) is 8.93. The predicted molar refractivity (Wildman–Crippen MR) is 59.1 cm³/mol. The molecule has 1 N–H and O–H groups in total. The molecule has 1 aliphatic rings. The van der Waals surface area contributed by atoms with Crippen LogP contribution in [0.4, 0.5) is 0 Å². The Kier molecular flexibility index (Phi) is 6.47. The molecule has 0 aromatic carbocycles. The van der Waals surface area contributed by atoms with Gasteiger partial charge in [0.1, 0.15) is 0 Å². The van der Waals surface area contributed by atoms with Crippen LogP contribution >= 0.6 is 0 Å². The minimum Gasteiger partial charge on any atom is -0.378 e. The van der Waals surface area contributed by atoms with Crippen molar-refractivity contribution < 1.29 is 4.74 Å². The Labute approximate surface area is 87.4 Å². The van der Waals surface area contributed by atoms with Crippen LogP contribution in [-0.2, 0) is 4.74 Å². The topological polar surface area (TPSA) is 21.3 Å². The van der Waals surface area contributed by atoms with Gasteiger partial charge in [-0.3, -0.25) is 0 Å². The highest BCUT2D eigenvalue weighted by Crippen LogP contribution is 2.20. The summed E-state index contributed by atoms with van der Waals surface area (Å²) in [5.41, 5.74) is 0. The van der Waals surface area contributed by atoms with Gasteiger partial charge in [0.15, 0.2) is 0 Å². The molecule has 80 valence electrons. The van der Waals surface area contributed by atoms with Crippen molar-refractivity contribution in [3.05, 3.63) is 0 Å². The molecule has 0 bridgehead atoms. The summed E-state index contributed by atoms with van der Waals surface area (Å²) in [6, 6.07) is 0. The van der Waals surface area contributed by atoms with E-state index in [9.17, 15) is 0 Å². The summed E-state index contributed by atoms with van der Waals surface area (Å²) in [5.74, 6) is 2.56. The third-order valence-electron chi connectivity index (χ3n) is 2.63. The lowest BCUT2D eigenvalue weighted by molar-refractivity contribution is 0.0274. The fraction of sp³-hybridized carbons (Fsp3) is 0.833. The standard InChI is InChI=1S/C12H21NO/c1-2-9-13-10-6-11-14-12-7-4-3-5-8-12/h1,12-13H,3-11H2. The third kappa shape index (κ3) is 5.26. The smallest absolute Gasteiger partial charge is 0.0575 e. The van der Waals surface area contributed by atoms with E-state index in [0.29, 0.717) is 12.6 Å². The highest BCUT2D eigenvalue weighted by Gasteiger charge is 2.12. The van der Waals surface area contributed by atoms with E-state index < -0.39 is 0 Å². The molecular formula is C12H21NO. The van der Waals surface area contributed by atoms with Gasteiger partial charge >= 0.3 is 0 Å². The largest absolute Gasteiger partial charge is 0.378 e. The second-order valence-corrected chi connectivity index (χ2v) is 3.87. The maximum Gasteiger partial charge on any atom is 0.0575 e. The maximum atomic E-state index is 5.77. The molecule has 1 aliphatic carbocycles. The lowest BCUT2D eigenvalue weighted by atomic mass is 9.98. The summed E-state index contributed by atoms with van der Waals surface area (Å²) in [4.78, 5) is 0. The van der Waals surface area contributed by atoms with Gasteiger partial charge in [-0.25, -0.2) is 0 Å². The zero-order chi connectivity index (χ0) is 10.1. The molecule has 2 heteroatoms. The third-order valence-corrected chi connectivity index (χ3v) is 2.63. The van der Waals surface area contributed by atoms with E-state index in [4.69, 9.17) is 11.2 Å². The monoisotopic (exact) mass is 195 g/mol. The van der Waals surface area contributed by atoms with Crippen LogP contribution in [0.2, 0.25) is 0 Å². The molecular weight excluding hydrogens is 174 g/mol. The molecule has 0 aromatic rings. The molecule has 14 heavy (non-hydrogen) atoms. The van der Waals surface area contributed by atoms with Crippen molar-refractivity contribution in [3.63, 3.8) is 0 Å². The van der Waals surface area contributed by atoms with Gasteiger partial charge in [0.25, 0.3) is 0 Å². The molecule has 0 unspecified atom stereocenters. The highest BCUT2D eigenvalue weighted by atomic mass is 16.5. The second-order valence-electron chi connectivity index (χ2n) is 3.87. The minimum absolute atomic E-state index is 0.538. The summed E-state index contributed by atoms with van der Waals surface area (Å²) < 4.78 is 5.77. The van der Waals surface area contributed by atoms with Crippen molar-refractivity contribution in [1.29, 1.82) is 0 Å². The SMILES string of the molecule is C#CCNCCCOC1CCCCC1. The van der Waals surface area contributed by atoms with Crippen LogP contribution in [-0.4, -0.2) is 25.8 Å². The van der Waals surface area contributed by atoms with Gasteiger partial charge in [0.2, 0.25) is 0 Å². The first-order valence-corrected chi connectivity index (χ1v) is 5.69. The first-order valence-electron chi connectivity index (χ1n) is 5.69. The average molecular weight is 195 g/mol. The molecule has 0 radical (unpaired) electrons. The number of terminal acetylenes is 1.